The first-order valence-electron chi connectivity index (χ1n) is 4.81. The van der Waals surface area contributed by atoms with E-state index in [1.165, 1.54) is 17.9 Å². The number of carbonyl (C=O) groups is 1. The third-order valence-corrected chi connectivity index (χ3v) is 2.37. The van der Waals surface area contributed by atoms with Crippen molar-refractivity contribution in [3.05, 3.63) is 0 Å². The van der Waals surface area contributed by atoms with Crippen molar-refractivity contribution in [3.8, 4) is 0 Å². The van der Waals surface area contributed by atoms with Crippen LogP contribution < -0.4 is 10.0 Å². The Morgan fingerprint density at radius 3 is 3.08 bits per heavy atom. The van der Waals surface area contributed by atoms with E-state index in [-0.39, 0.29) is 12.5 Å². The van der Waals surface area contributed by atoms with Gasteiger partial charge >= 0.3 is 0 Å². The smallest absolute Gasteiger partial charge is 0.107 e. The van der Waals surface area contributed by atoms with Gasteiger partial charge in [0.25, 0.3) is 0 Å². The second-order valence-electron chi connectivity index (χ2n) is 3.67. The number of hydrogen-bond acceptors (Lipinski definition) is 3. The first kappa shape index (κ1) is 10.5. The van der Waals surface area contributed by atoms with E-state index in [1.54, 1.807) is 0 Å². The lowest BCUT2D eigenvalue weighted by atomic mass is 10.1. The summed E-state index contributed by atoms with van der Waals surface area (Å²) in [7, 11) is 2.13. The molecule has 1 fully saturated rings. The second kappa shape index (κ2) is 5.19. The largest absolute Gasteiger partial charge is 0.550 e. The molecule has 0 aromatic rings. The molecule has 0 radical (unpaired) electrons. The predicted octanol–water partition coefficient (Wildman–Crippen LogP) is -2.18. The lowest BCUT2D eigenvalue weighted by Crippen LogP contribution is -3.11. The van der Waals surface area contributed by atoms with Gasteiger partial charge in [-0.25, -0.2) is 0 Å². The summed E-state index contributed by atoms with van der Waals surface area (Å²) in [6, 6.07) is 0. The van der Waals surface area contributed by atoms with Crippen molar-refractivity contribution < 1.29 is 19.5 Å². The molecule has 0 bridgehead atoms. The maximum Gasteiger partial charge on any atom is 0.107 e. The summed E-state index contributed by atoms with van der Waals surface area (Å²) in [5.41, 5.74) is 0. The number of carboxylic acid groups (broad SMARTS) is 1. The number of hydrogen-bond donors (Lipinski definition) is 1. The van der Waals surface area contributed by atoms with Gasteiger partial charge in [0.1, 0.15) is 12.6 Å². The van der Waals surface area contributed by atoms with Gasteiger partial charge in [-0.3, -0.25) is 0 Å². The third-order valence-electron chi connectivity index (χ3n) is 2.37. The molecule has 1 rings (SSSR count). The highest BCUT2D eigenvalue weighted by atomic mass is 16.5. The average Bonchev–Trinajstić information content (AvgIpc) is 2.03. The molecular formula is C9H17NO3. The van der Waals surface area contributed by atoms with E-state index in [0.717, 1.165) is 13.0 Å². The zero-order valence-corrected chi connectivity index (χ0v) is 8.04. The van der Waals surface area contributed by atoms with Crippen molar-refractivity contribution in [2.75, 3.05) is 26.7 Å². The van der Waals surface area contributed by atoms with Crippen LogP contribution in [0.25, 0.3) is 0 Å². The number of rotatable bonds is 4. The number of likely N-dealkylation sites (tertiary alicyclic amines) is 1. The molecule has 4 nitrogen and oxygen atoms in total. The number of likely N-dealkylation sites (N-methyl/N-ethyl adjacent to an activating group) is 1. The van der Waals surface area contributed by atoms with Crippen LogP contribution in [0.1, 0.15) is 19.3 Å². The highest BCUT2D eigenvalue weighted by Crippen LogP contribution is 2.03. The zero-order chi connectivity index (χ0) is 9.68. The summed E-state index contributed by atoms with van der Waals surface area (Å²) in [6.45, 7) is 2.48. The number of piperidine rings is 1. The average molecular weight is 187 g/mol. The van der Waals surface area contributed by atoms with Crippen LogP contribution in [-0.4, -0.2) is 38.8 Å². The Morgan fingerprint density at radius 2 is 2.46 bits per heavy atom. The minimum atomic E-state index is -1.03. The molecule has 4 heteroatoms. The van der Waals surface area contributed by atoms with Crippen LogP contribution in [0.5, 0.6) is 0 Å². The van der Waals surface area contributed by atoms with Crippen molar-refractivity contribution >= 4 is 5.97 Å². The summed E-state index contributed by atoms with van der Waals surface area (Å²) in [5.74, 6) is -1.03. The quantitative estimate of drug-likeness (QED) is 0.544. The summed E-state index contributed by atoms with van der Waals surface area (Å²) in [6.07, 6.45) is 2.48. The maximum absolute atomic E-state index is 10.1. The summed E-state index contributed by atoms with van der Waals surface area (Å²) in [4.78, 5) is 11.6. The van der Waals surface area contributed by atoms with E-state index in [9.17, 15) is 9.90 Å². The van der Waals surface area contributed by atoms with Crippen molar-refractivity contribution in [2.24, 2.45) is 0 Å². The Balaban J connectivity index is 2.10. The fraction of sp³-hybridized carbons (Fsp3) is 0.889. The van der Waals surface area contributed by atoms with Gasteiger partial charge in [0.15, 0.2) is 0 Å². The number of carboxylic acids is 1. The topological polar surface area (TPSA) is 53.8 Å². The van der Waals surface area contributed by atoms with Gasteiger partial charge in [-0.05, 0) is 12.8 Å². The lowest BCUT2D eigenvalue weighted by Gasteiger charge is -2.26. The summed E-state index contributed by atoms with van der Waals surface area (Å²) in [5, 5.41) is 10.1. The van der Waals surface area contributed by atoms with Gasteiger partial charge in [0.05, 0.1) is 20.2 Å². The standard InChI is InChI=1S/C9H17NO3/c1-10-5-2-3-8(7-10)13-6-4-9(11)12/h8H,2-7H2,1H3,(H,11,12)/t8-/m0/s1. The lowest BCUT2D eigenvalue weighted by molar-refractivity contribution is -0.888. The van der Waals surface area contributed by atoms with Gasteiger partial charge in [0, 0.05) is 12.4 Å². The van der Waals surface area contributed by atoms with E-state index in [2.05, 4.69) is 7.05 Å². The normalized spacial score (nSPS) is 28.7. The van der Waals surface area contributed by atoms with Crippen molar-refractivity contribution in [3.63, 3.8) is 0 Å². The van der Waals surface area contributed by atoms with Gasteiger partial charge in [-0.15, -0.1) is 0 Å². The highest BCUT2D eigenvalue weighted by Gasteiger charge is 2.20. The van der Waals surface area contributed by atoms with E-state index in [0.29, 0.717) is 6.61 Å². The molecule has 1 heterocycles. The van der Waals surface area contributed by atoms with Crippen molar-refractivity contribution in [2.45, 2.75) is 25.4 Å². The zero-order valence-electron chi connectivity index (χ0n) is 8.04. The molecule has 0 aromatic carbocycles. The van der Waals surface area contributed by atoms with Crippen LogP contribution in [0.2, 0.25) is 0 Å². The van der Waals surface area contributed by atoms with E-state index < -0.39 is 5.97 Å². The van der Waals surface area contributed by atoms with Crippen LogP contribution in [-0.2, 0) is 9.53 Å². The monoisotopic (exact) mass is 187 g/mol. The molecule has 1 aliphatic heterocycles. The van der Waals surface area contributed by atoms with Crippen LogP contribution in [0, 0.1) is 0 Å². The van der Waals surface area contributed by atoms with Crippen molar-refractivity contribution in [1.82, 2.24) is 0 Å². The molecule has 0 amide bonds. The number of carbonyl (C=O) groups excluding carboxylic acids is 1. The molecule has 1 aliphatic rings. The molecule has 2 atom stereocenters. The number of ether oxygens (including phenoxy) is 1. The third kappa shape index (κ3) is 4.24. The van der Waals surface area contributed by atoms with Gasteiger partial charge in [-0.1, -0.05) is 0 Å². The van der Waals surface area contributed by atoms with Crippen LogP contribution in [0.3, 0.4) is 0 Å². The van der Waals surface area contributed by atoms with Gasteiger partial charge in [0.2, 0.25) is 0 Å². The summed E-state index contributed by atoms with van der Waals surface area (Å²) < 4.78 is 5.42. The second-order valence-corrected chi connectivity index (χ2v) is 3.67. The minimum Gasteiger partial charge on any atom is -0.550 e. The highest BCUT2D eigenvalue weighted by molar-refractivity contribution is 5.64. The van der Waals surface area contributed by atoms with E-state index in [4.69, 9.17) is 4.74 Å². The molecule has 0 aromatic heterocycles. The Labute approximate surface area is 78.5 Å². The maximum atomic E-state index is 10.1. The fourth-order valence-corrected chi connectivity index (χ4v) is 1.68. The van der Waals surface area contributed by atoms with E-state index in [1.807, 2.05) is 0 Å². The Kier molecular flexibility index (Phi) is 4.18. The molecule has 1 N–H and O–H groups in total. The van der Waals surface area contributed by atoms with Gasteiger partial charge < -0.3 is 19.5 Å². The number of quaternary nitrogens is 1. The Hall–Kier alpha value is -0.610. The van der Waals surface area contributed by atoms with Gasteiger partial charge in [-0.2, -0.15) is 0 Å². The molecule has 0 spiro atoms. The van der Waals surface area contributed by atoms with Crippen molar-refractivity contribution in [1.29, 1.82) is 0 Å². The molecule has 1 unspecified atom stereocenters. The first-order valence-corrected chi connectivity index (χ1v) is 4.81. The fourth-order valence-electron chi connectivity index (χ4n) is 1.68. The van der Waals surface area contributed by atoms with E-state index >= 15 is 0 Å². The number of nitrogens with one attached hydrogen (secondary N) is 1. The molecule has 0 aliphatic carbocycles. The first-order chi connectivity index (χ1) is 6.18. The molecular weight excluding hydrogens is 170 g/mol. The molecule has 76 valence electrons. The Bertz CT molecular complexity index is 172. The SMILES string of the molecule is C[NH+]1CCC[C@H](OCCC(=O)[O-])C1. The van der Waals surface area contributed by atoms with Crippen LogP contribution in [0.4, 0.5) is 0 Å². The molecule has 0 saturated carbocycles. The minimum absolute atomic E-state index is 0.00947. The summed E-state index contributed by atoms with van der Waals surface area (Å²) >= 11 is 0. The number of aliphatic carboxylic acids is 1. The van der Waals surface area contributed by atoms with Crippen LogP contribution >= 0.6 is 0 Å². The molecule has 13 heavy (non-hydrogen) atoms. The van der Waals surface area contributed by atoms with Crippen LogP contribution in [0.15, 0.2) is 0 Å². The Morgan fingerprint density at radius 1 is 1.69 bits per heavy atom. The molecule has 1 saturated heterocycles. The predicted molar refractivity (Wildman–Crippen MR) is 45.2 cm³/mol.